The van der Waals surface area contributed by atoms with E-state index in [-0.39, 0.29) is 5.37 Å². The molecule has 0 saturated carbocycles. The van der Waals surface area contributed by atoms with Gasteiger partial charge in [0.15, 0.2) is 0 Å². The smallest absolute Gasteiger partial charge is 0.126 e. The molecule has 27 heavy (non-hydrogen) atoms. The van der Waals surface area contributed by atoms with Crippen molar-refractivity contribution in [2.75, 3.05) is 19.0 Å². The summed E-state index contributed by atoms with van der Waals surface area (Å²) in [7, 11) is 4.12. The number of nitrogens with zero attached hydrogens (tertiary/aromatic N) is 3. The van der Waals surface area contributed by atoms with Crippen LogP contribution in [0.3, 0.4) is 0 Å². The Morgan fingerprint density at radius 3 is 2.37 bits per heavy atom. The fraction of sp³-hybridized carbons (Fsp3) is 0.227. The van der Waals surface area contributed by atoms with Crippen LogP contribution in [0.1, 0.15) is 27.9 Å². The second-order valence-electron chi connectivity index (χ2n) is 6.98. The van der Waals surface area contributed by atoms with Gasteiger partial charge in [-0.3, -0.25) is 5.43 Å². The van der Waals surface area contributed by atoms with Crippen LogP contribution in [0.2, 0.25) is 0 Å². The quantitative estimate of drug-likeness (QED) is 0.706. The highest BCUT2D eigenvalue weighted by Crippen LogP contribution is 2.37. The molecular weight excluding hydrogens is 352 g/mol. The highest BCUT2D eigenvalue weighted by molar-refractivity contribution is 8.14. The third-order valence-electron chi connectivity index (χ3n) is 4.91. The minimum atomic E-state index is 0.140. The molecule has 0 radical (unpaired) electrons. The number of aryl methyl sites for hydroxylation is 1. The molecule has 3 aromatic rings. The van der Waals surface area contributed by atoms with Gasteiger partial charge in [-0.1, -0.05) is 42.1 Å². The lowest BCUT2D eigenvalue weighted by Gasteiger charge is -2.15. The monoisotopic (exact) mass is 376 g/mol. The fourth-order valence-corrected chi connectivity index (χ4v) is 4.55. The summed E-state index contributed by atoms with van der Waals surface area (Å²) in [6, 6.07) is 21.3. The van der Waals surface area contributed by atoms with Gasteiger partial charge in [-0.15, -0.1) is 0 Å². The van der Waals surface area contributed by atoms with Gasteiger partial charge in [0, 0.05) is 48.0 Å². The molecule has 1 aliphatic heterocycles. The number of nitrogens with one attached hydrogen (secondary N) is 1. The molecule has 2 heterocycles. The van der Waals surface area contributed by atoms with Crippen molar-refractivity contribution in [3.8, 4) is 5.69 Å². The lowest BCUT2D eigenvalue weighted by molar-refractivity contribution is 0.737. The predicted octanol–water partition coefficient (Wildman–Crippen LogP) is 4.86. The number of benzene rings is 2. The first kappa shape index (κ1) is 17.7. The van der Waals surface area contributed by atoms with Gasteiger partial charge in [0.2, 0.25) is 0 Å². The molecule has 1 N–H and O–H groups in total. The maximum atomic E-state index is 4.56. The van der Waals surface area contributed by atoms with Gasteiger partial charge in [0.25, 0.3) is 0 Å². The average Bonchev–Trinajstić information content (AvgIpc) is 3.27. The van der Waals surface area contributed by atoms with Crippen molar-refractivity contribution in [3.05, 3.63) is 83.2 Å². The van der Waals surface area contributed by atoms with Crippen molar-refractivity contribution in [1.82, 2.24) is 9.99 Å². The molecule has 0 spiro atoms. The lowest BCUT2D eigenvalue weighted by atomic mass is 10.2. The first-order valence-corrected chi connectivity index (χ1v) is 9.94. The number of hydrogen-bond donors (Lipinski definition) is 1. The molecule has 138 valence electrons. The Morgan fingerprint density at radius 2 is 1.70 bits per heavy atom. The third kappa shape index (κ3) is 3.35. The van der Waals surface area contributed by atoms with Gasteiger partial charge in [0.1, 0.15) is 10.4 Å². The Hall–Kier alpha value is -2.66. The van der Waals surface area contributed by atoms with Crippen molar-refractivity contribution in [3.63, 3.8) is 0 Å². The Balaban J connectivity index is 1.60. The molecule has 5 heteroatoms. The Labute approximate surface area is 164 Å². The zero-order valence-electron chi connectivity index (χ0n) is 16.1. The molecule has 1 aliphatic rings. The number of hydrazone groups is 1. The Bertz CT molecular complexity index is 972. The van der Waals surface area contributed by atoms with Crippen LogP contribution < -0.4 is 10.3 Å². The summed E-state index contributed by atoms with van der Waals surface area (Å²) >= 11 is 1.77. The summed E-state index contributed by atoms with van der Waals surface area (Å²) in [6.07, 6.45) is 0. The standard InChI is InChI=1S/C22H24N4S/c1-15-14-20(22-24-23-21(27-22)17-8-6-5-7-9-17)16(2)26(15)19-12-10-18(11-13-19)25(3)4/h5-14,22,24H,1-4H3/t22-/m0/s1. The van der Waals surface area contributed by atoms with Gasteiger partial charge >= 0.3 is 0 Å². The van der Waals surface area contributed by atoms with Crippen LogP contribution in [0.25, 0.3) is 5.69 Å². The van der Waals surface area contributed by atoms with E-state index >= 15 is 0 Å². The van der Waals surface area contributed by atoms with Gasteiger partial charge in [-0.05, 0) is 44.2 Å². The minimum absolute atomic E-state index is 0.140. The van der Waals surface area contributed by atoms with E-state index in [1.54, 1.807) is 11.8 Å². The van der Waals surface area contributed by atoms with Crippen molar-refractivity contribution in [1.29, 1.82) is 0 Å². The molecule has 1 atom stereocenters. The molecule has 0 bridgehead atoms. The first-order valence-electron chi connectivity index (χ1n) is 9.06. The molecule has 0 amide bonds. The van der Waals surface area contributed by atoms with Gasteiger partial charge in [-0.25, -0.2) is 0 Å². The van der Waals surface area contributed by atoms with Crippen LogP contribution in [0.15, 0.2) is 65.8 Å². The molecule has 2 aromatic carbocycles. The van der Waals surface area contributed by atoms with Gasteiger partial charge in [0.05, 0.1) is 0 Å². The molecule has 0 unspecified atom stereocenters. The van der Waals surface area contributed by atoms with Crippen LogP contribution in [0, 0.1) is 13.8 Å². The number of hydrogen-bond acceptors (Lipinski definition) is 4. The third-order valence-corrected chi connectivity index (χ3v) is 6.06. The van der Waals surface area contributed by atoms with Crippen molar-refractivity contribution in [2.45, 2.75) is 19.2 Å². The number of thioether (sulfide) groups is 1. The largest absolute Gasteiger partial charge is 0.378 e. The summed E-state index contributed by atoms with van der Waals surface area (Å²) in [6.45, 7) is 4.35. The molecule has 0 saturated heterocycles. The topological polar surface area (TPSA) is 32.6 Å². The van der Waals surface area contributed by atoms with Crippen LogP contribution in [-0.2, 0) is 0 Å². The van der Waals surface area contributed by atoms with E-state index in [2.05, 4.69) is 103 Å². The fourth-order valence-electron chi connectivity index (χ4n) is 3.48. The SMILES string of the molecule is Cc1cc([C@H]2NN=C(c3ccccc3)S2)c(C)n1-c1ccc(N(C)C)cc1. The Morgan fingerprint density at radius 1 is 1.00 bits per heavy atom. The first-order chi connectivity index (χ1) is 13.0. The highest BCUT2D eigenvalue weighted by atomic mass is 32.2. The number of rotatable bonds is 4. The maximum absolute atomic E-state index is 4.56. The number of aromatic nitrogens is 1. The van der Waals surface area contributed by atoms with Gasteiger partial charge in [-0.2, -0.15) is 5.10 Å². The highest BCUT2D eigenvalue weighted by Gasteiger charge is 2.26. The minimum Gasteiger partial charge on any atom is -0.378 e. The van der Waals surface area contributed by atoms with Crippen LogP contribution in [0.5, 0.6) is 0 Å². The van der Waals surface area contributed by atoms with E-state index in [1.807, 2.05) is 6.07 Å². The summed E-state index contributed by atoms with van der Waals surface area (Å²) in [4.78, 5) is 2.12. The van der Waals surface area contributed by atoms with E-state index in [0.717, 1.165) is 10.6 Å². The van der Waals surface area contributed by atoms with E-state index in [0.29, 0.717) is 0 Å². The zero-order valence-corrected chi connectivity index (χ0v) is 16.9. The van der Waals surface area contributed by atoms with Crippen LogP contribution >= 0.6 is 11.8 Å². The molecule has 0 aliphatic carbocycles. The van der Waals surface area contributed by atoms with Crippen molar-refractivity contribution < 1.29 is 0 Å². The van der Waals surface area contributed by atoms with Crippen molar-refractivity contribution in [2.24, 2.45) is 5.10 Å². The molecular formula is C22H24N4S. The molecule has 0 fully saturated rings. The molecule has 1 aromatic heterocycles. The van der Waals surface area contributed by atoms with E-state index in [1.165, 1.54) is 28.3 Å². The normalized spacial score (nSPS) is 16.1. The summed E-state index contributed by atoms with van der Waals surface area (Å²) in [5.74, 6) is 0. The summed E-state index contributed by atoms with van der Waals surface area (Å²) in [5.41, 5.74) is 10.6. The van der Waals surface area contributed by atoms with Crippen LogP contribution in [0.4, 0.5) is 5.69 Å². The summed E-state index contributed by atoms with van der Waals surface area (Å²) < 4.78 is 2.32. The zero-order chi connectivity index (χ0) is 19.0. The van der Waals surface area contributed by atoms with E-state index < -0.39 is 0 Å². The maximum Gasteiger partial charge on any atom is 0.126 e. The molecule has 4 rings (SSSR count). The second-order valence-corrected chi connectivity index (χ2v) is 8.08. The predicted molar refractivity (Wildman–Crippen MR) is 116 cm³/mol. The van der Waals surface area contributed by atoms with Crippen molar-refractivity contribution >= 4 is 22.5 Å². The molecule has 4 nitrogen and oxygen atoms in total. The van der Waals surface area contributed by atoms with Gasteiger partial charge < -0.3 is 9.47 Å². The second kappa shape index (κ2) is 7.16. The lowest BCUT2D eigenvalue weighted by Crippen LogP contribution is -2.09. The summed E-state index contributed by atoms with van der Waals surface area (Å²) in [5, 5.41) is 5.74. The average molecular weight is 377 g/mol. The van der Waals surface area contributed by atoms with Crippen LogP contribution in [-0.4, -0.2) is 23.7 Å². The van der Waals surface area contributed by atoms with E-state index in [4.69, 9.17) is 0 Å². The number of anilines is 1. The Kier molecular flexibility index (Phi) is 4.70. The van der Waals surface area contributed by atoms with E-state index in [9.17, 15) is 0 Å².